The fourth-order valence-corrected chi connectivity index (χ4v) is 3.44. The zero-order valence-corrected chi connectivity index (χ0v) is 17.6. The maximum absolute atomic E-state index is 9.82. The number of rotatable bonds is 10. The van der Waals surface area contributed by atoms with Crippen molar-refractivity contribution >= 4 is 6.72 Å². The van der Waals surface area contributed by atoms with Gasteiger partial charge in [-0.1, -0.05) is 29.9 Å². The van der Waals surface area contributed by atoms with Crippen molar-refractivity contribution < 1.29 is 14.4 Å². The molecular formula is C22H38NO2+. The molecular weight excluding hydrogens is 310 g/mol. The maximum Gasteiger partial charge on any atom is 0.197 e. The zero-order chi connectivity index (χ0) is 19.8. The Morgan fingerprint density at radius 2 is 1.76 bits per heavy atom. The van der Waals surface area contributed by atoms with Gasteiger partial charge in [0.15, 0.2) is 11.2 Å². The number of hydrogen-bond donors (Lipinski definition) is 1. The van der Waals surface area contributed by atoms with Crippen LogP contribution < -0.4 is 0 Å². The molecule has 0 bridgehead atoms. The normalized spacial score (nSPS) is 17.1. The van der Waals surface area contributed by atoms with Gasteiger partial charge in [-0.25, -0.2) is 0 Å². The van der Waals surface area contributed by atoms with Gasteiger partial charge in [-0.3, -0.25) is 0 Å². The third kappa shape index (κ3) is 4.80. The van der Waals surface area contributed by atoms with E-state index in [0.29, 0.717) is 13.0 Å². The van der Waals surface area contributed by atoms with E-state index in [0.717, 1.165) is 11.3 Å². The highest BCUT2D eigenvalue weighted by molar-refractivity contribution is 5.33. The monoisotopic (exact) mass is 348 g/mol. The molecule has 2 unspecified atom stereocenters. The molecule has 142 valence electrons. The number of allylic oxidation sites excluding steroid dienone is 5. The summed E-state index contributed by atoms with van der Waals surface area (Å²) in [6.07, 6.45) is 6.66. The Kier molecular flexibility index (Phi) is 9.31. The lowest BCUT2D eigenvalue weighted by Gasteiger charge is -2.45. The Labute approximate surface area is 155 Å². The quantitative estimate of drug-likeness (QED) is 0.264. The summed E-state index contributed by atoms with van der Waals surface area (Å²) in [4.78, 5) is 0. The molecule has 0 amide bonds. The van der Waals surface area contributed by atoms with Crippen molar-refractivity contribution in [2.45, 2.75) is 60.4 Å². The summed E-state index contributed by atoms with van der Waals surface area (Å²) in [5.74, 6) is 0. The van der Waals surface area contributed by atoms with Crippen molar-refractivity contribution in [2.75, 3.05) is 20.3 Å². The first-order valence-electron chi connectivity index (χ1n) is 8.87. The largest absolute Gasteiger partial charge is 0.396 e. The first kappa shape index (κ1) is 23.5. The minimum Gasteiger partial charge on any atom is -0.396 e. The second kappa shape index (κ2) is 9.88. The molecule has 0 aromatic carbocycles. The Bertz CT molecular complexity index is 579. The minimum absolute atomic E-state index is 0.0996. The summed E-state index contributed by atoms with van der Waals surface area (Å²) >= 11 is 0. The number of aliphatic hydroxyl groups is 1. The molecule has 25 heavy (non-hydrogen) atoms. The second-order valence-electron chi connectivity index (χ2n) is 7.30. The summed E-state index contributed by atoms with van der Waals surface area (Å²) < 4.78 is 7.43. The molecule has 3 nitrogen and oxygen atoms in total. The molecule has 0 aliphatic heterocycles. The van der Waals surface area contributed by atoms with Gasteiger partial charge in [0.2, 0.25) is 0 Å². The van der Waals surface area contributed by atoms with Crippen molar-refractivity contribution in [1.29, 1.82) is 0 Å². The number of ether oxygens (including phenoxy) is 1. The van der Waals surface area contributed by atoms with Crippen LogP contribution in [-0.4, -0.2) is 42.3 Å². The lowest BCUT2D eigenvalue weighted by Crippen LogP contribution is -2.55. The van der Waals surface area contributed by atoms with Crippen LogP contribution in [0.5, 0.6) is 0 Å². The van der Waals surface area contributed by atoms with E-state index in [4.69, 9.17) is 4.74 Å². The predicted molar refractivity (Wildman–Crippen MR) is 109 cm³/mol. The first-order valence-corrected chi connectivity index (χ1v) is 8.87. The van der Waals surface area contributed by atoms with Gasteiger partial charge >= 0.3 is 0 Å². The summed E-state index contributed by atoms with van der Waals surface area (Å²) in [5.41, 5.74) is 3.60. The van der Waals surface area contributed by atoms with Crippen LogP contribution in [0.1, 0.15) is 54.9 Å². The fourth-order valence-electron chi connectivity index (χ4n) is 3.44. The van der Waals surface area contributed by atoms with Gasteiger partial charge in [-0.15, -0.1) is 0 Å². The van der Waals surface area contributed by atoms with Crippen LogP contribution >= 0.6 is 0 Å². The van der Waals surface area contributed by atoms with E-state index in [1.165, 1.54) is 11.1 Å². The summed E-state index contributed by atoms with van der Waals surface area (Å²) in [5, 5.41) is 9.82. The molecule has 0 rings (SSSR count). The summed E-state index contributed by atoms with van der Waals surface area (Å²) in [6.45, 7) is 24.0. The highest BCUT2D eigenvalue weighted by atomic mass is 16.5. The van der Waals surface area contributed by atoms with Crippen molar-refractivity contribution in [1.82, 2.24) is 0 Å². The molecule has 0 aromatic heterocycles. The number of hydrogen-bond acceptors (Lipinski definition) is 2. The van der Waals surface area contributed by atoms with E-state index in [9.17, 15) is 5.11 Å². The van der Waals surface area contributed by atoms with Crippen LogP contribution in [0.25, 0.3) is 0 Å². The average Bonchev–Trinajstić information content (AvgIpc) is 2.57. The van der Waals surface area contributed by atoms with Crippen LogP contribution in [0, 0.1) is 5.41 Å². The smallest absolute Gasteiger partial charge is 0.197 e. The van der Waals surface area contributed by atoms with Crippen LogP contribution in [0.15, 0.2) is 47.2 Å². The SMILES string of the molecule is C=C(COC)C(C)([N+](=C)/C(C)=C/C=C\C)C(C)(CCO)C(C)=C(C)C. The predicted octanol–water partition coefficient (Wildman–Crippen LogP) is 4.89. The molecule has 0 aromatic rings. The highest BCUT2D eigenvalue weighted by Gasteiger charge is 2.55. The molecule has 0 radical (unpaired) electrons. The van der Waals surface area contributed by atoms with Gasteiger partial charge < -0.3 is 9.84 Å². The Morgan fingerprint density at radius 1 is 1.20 bits per heavy atom. The number of nitrogens with zero attached hydrogens (tertiary/aromatic N) is 1. The van der Waals surface area contributed by atoms with Crippen LogP contribution in [0.4, 0.5) is 0 Å². The van der Waals surface area contributed by atoms with E-state index >= 15 is 0 Å². The Morgan fingerprint density at radius 3 is 2.16 bits per heavy atom. The van der Waals surface area contributed by atoms with Crippen LogP contribution in [-0.2, 0) is 4.74 Å². The topological polar surface area (TPSA) is 32.5 Å². The van der Waals surface area contributed by atoms with Crippen molar-refractivity contribution in [3.05, 3.63) is 47.2 Å². The molecule has 0 spiro atoms. The van der Waals surface area contributed by atoms with Gasteiger partial charge in [0.1, 0.15) is 6.72 Å². The first-order chi connectivity index (χ1) is 11.5. The third-order valence-electron chi connectivity index (χ3n) is 5.77. The van der Waals surface area contributed by atoms with Gasteiger partial charge in [-0.2, -0.15) is 4.58 Å². The molecule has 1 N–H and O–H groups in total. The van der Waals surface area contributed by atoms with Gasteiger partial charge in [0, 0.05) is 39.2 Å². The lowest BCUT2D eigenvalue weighted by atomic mass is 9.61. The number of methoxy groups -OCH3 is 1. The number of aliphatic hydroxyl groups excluding tert-OH is 1. The average molecular weight is 349 g/mol. The van der Waals surface area contributed by atoms with Crippen LogP contribution in [0.2, 0.25) is 0 Å². The van der Waals surface area contributed by atoms with E-state index in [1.54, 1.807) is 7.11 Å². The molecule has 0 heterocycles. The maximum atomic E-state index is 9.82. The summed E-state index contributed by atoms with van der Waals surface area (Å²) in [6, 6.07) is 0. The van der Waals surface area contributed by atoms with Crippen LogP contribution in [0.3, 0.4) is 0 Å². The van der Waals surface area contributed by atoms with E-state index in [1.807, 2.05) is 36.7 Å². The van der Waals surface area contributed by atoms with Crippen molar-refractivity contribution in [3.63, 3.8) is 0 Å². The third-order valence-corrected chi connectivity index (χ3v) is 5.77. The molecule has 0 aliphatic carbocycles. The van der Waals surface area contributed by atoms with Crippen molar-refractivity contribution in [2.24, 2.45) is 5.41 Å². The van der Waals surface area contributed by atoms with Gasteiger partial charge in [-0.05, 0) is 41.0 Å². The van der Waals surface area contributed by atoms with E-state index in [2.05, 4.69) is 47.9 Å². The molecule has 0 saturated carbocycles. The lowest BCUT2D eigenvalue weighted by molar-refractivity contribution is -0.561. The highest BCUT2D eigenvalue weighted by Crippen LogP contribution is 2.48. The second-order valence-corrected chi connectivity index (χ2v) is 7.30. The Balaban J connectivity index is 6.62. The van der Waals surface area contributed by atoms with Crippen molar-refractivity contribution in [3.8, 4) is 0 Å². The van der Waals surface area contributed by atoms with E-state index < -0.39 is 5.54 Å². The minimum atomic E-state index is -0.519. The standard InChI is InChI=1S/C22H38NO2/c1-11-12-13-19(5)23(9)22(8,18(4)16-25-10)21(7,14-15-24)20(6)17(2)3/h11-13,24H,4,9,14-16H2,1-3,5-8,10H3/q+1/b12-11-,19-13+. The zero-order valence-electron chi connectivity index (χ0n) is 17.6. The molecule has 0 aliphatic rings. The van der Waals surface area contributed by atoms with Gasteiger partial charge in [0.25, 0.3) is 0 Å². The molecule has 3 heteroatoms. The fraction of sp³-hybridized carbons (Fsp3) is 0.591. The summed E-state index contributed by atoms with van der Waals surface area (Å²) in [7, 11) is 1.68. The molecule has 2 atom stereocenters. The molecule has 0 saturated heterocycles. The molecule has 0 fully saturated rings. The van der Waals surface area contributed by atoms with Gasteiger partial charge in [0.05, 0.1) is 12.0 Å². The van der Waals surface area contributed by atoms with E-state index in [-0.39, 0.29) is 12.0 Å². The Hall–Kier alpha value is -1.45.